The molecule has 0 heterocycles. The van der Waals surface area contributed by atoms with Gasteiger partial charge in [0, 0.05) is 0 Å². The van der Waals surface area contributed by atoms with Crippen molar-refractivity contribution in [3.05, 3.63) is 0 Å². The van der Waals surface area contributed by atoms with Gasteiger partial charge in [-0.05, 0) is 12.8 Å². The van der Waals surface area contributed by atoms with Crippen LogP contribution < -0.4 is 80.9 Å². The van der Waals surface area contributed by atoms with E-state index in [1.807, 2.05) is 0 Å². The summed E-state index contributed by atoms with van der Waals surface area (Å²) >= 11 is 0. The van der Waals surface area contributed by atoms with Crippen LogP contribution in [0.5, 0.6) is 0 Å². The van der Waals surface area contributed by atoms with Gasteiger partial charge in [0.1, 0.15) is 0 Å². The van der Waals surface area contributed by atoms with Gasteiger partial charge in [-0.2, -0.15) is 0 Å². The number of hydrogen-bond donors (Lipinski definition) is 0. The first-order valence-electron chi connectivity index (χ1n) is 13.3. The molecule has 0 radical (unpaired) electrons. The van der Waals surface area contributed by atoms with E-state index in [4.69, 9.17) is 0 Å². The molecule has 0 atom stereocenters. The second-order valence-electron chi connectivity index (χ2n) is 8.82. The van der Waals surface area contributed by atoms with Crippen molar-refractivity contribution in [2.75, 3.05) is 13.2 Å². The van der Waals surface area contributed by atoms with E-state index in [9.17, 15) is 25.9 Å². The molecule has 0 aromatic carbocycles. The first kappa shape index (κ1) is 45.4. The minimum Gasteiger partial charge on any atom is -0.726 e. The van der Waals surface area contributed by atoms with Crippen LogP contribution in [0.4, 0.5) is 0 Å². The molecule has 0 fully saturated rings. The summed E-state index contributed by atoms with van der Waals surface area (Å²) in [4.78, 5) is 0. The SMILES string of the molecule is CCCCCCCCCCCCOS(=O)(=O)[O-].CCCCCCCCCCCCOS(=O)(=O)[O-].[K+].[Na+]. The van der Waals surface area contributed by atoms with Gasteiger partial charge in [0.15, 0.2) is 0 Å². The molecule has 0 saturated carbocycles. The molecule has 0 aromatic rings. The summed E-state index contributed by atoms with van der Waals surface area (Å²) < 4.78 is 68.9. The van der Waals surface area contributed by atoms with Gasteiger partial charge in [0.2, 0.25) is 20.8 Å². The van der Waals surface area contributed by atoms with Crippen LogP contribution in [-0.2, 0) is 29.2 Å². The van der Waals surface area contributed by atoms with Crippen molar-refractivity contribution in [2.24, 2.45) is 0 Å². The van der Waals surface area contributed by atoms with Crippen LogP contribution in [0, 0.1) is 0 Å². The molecule has 0 aliphatic carbocycles. The van der Waals surface area contributed by atoms with Crippen LogP contribution in [-0.4, -0.2) is 39.2 Å². The van der Waals surface area contributed by atoms with Crippen molar-refractivity contribution in [1.29, 1.82) is 0 Å². The Bertz CT molecular complexity index is 566. The fourth-order valence-corrected chi connectivity index (χ4v) is 4.14. The Morgan fingerprint density at radius 1 is 0.444 bits per heavy atom. The van der Waals surface area contributed by atoms with Crippen molar-refractivity contribution in [1.82, 2.24) is 0 Å². The summed E-state index contributed by atoms with van der Waals surface area (Å²) in [5, 5.41) is 0. The van der Waals surface area contributed by atoms with Crippen LogP contribution >= 0.6 is 0 Å². The maximum atomic E-state index is 10.1. The predicted octanol–water partition coefficient (Wildman–Crippen LogP) is 0.776. The predicted molar refractivity (Wildman–Crippen MR) is 135 cm³/mol. The van der Waals surface area contributed by atoms with Crippen LogP contribution in [0.1, 0.15) is 142 Å². The third-order valence-electron chi connectivity index (χ3n) is 5.45. The summed E-state index contributed by atoms with van der Waals surface area (Å²) in [6, 6.07) is 0. The fraction of sp³-hybridized carbons (Fsp3) is 1.00. The van der Waals surface area contributed by atoms with Crippen LogP contribution in [0.3, 0.4) is 0 Å². The molecule has 0 aliphatic heterocycles. The Hall–Kier alpha value is 2.38. The van der Waals surface area contributed by atoms with Gasteiger partial charge in [-0.1, -0.05) is 129 Å². The molecule has 0 bridgehead atoms. The van der Waals surface area contributed by atoms with E-state index in [0.717, 1.165) is 25.7 Å². The quantitative estimate of drug-likeness (QED) is 0.0695. The summed E-state index contributed by atoms with van der Waals surface area (Å²) in [6.07, 6.45) is 23.4. The molecule has 0 unspecified atom stereocenters. The first-order valence-corrected chi connectivity index (χ1v) is 16.0. The van der Waals surface area contributed by atoms with Crippen molar-refractivity contribution in [3.8, 4) is 0 Å². The Kier molecular flexibility index (Phi) is 42.3. The molecule has 0 saturated heterocycles. The zero-order chi connectivity index (χ0) is 26.0. The Morgan fingerprint density at radius 2 is 0.639 bits per heavy atom. The molecule has 0 rings (SSSR count). The van der Waals surface area contributed by atoms with Gasteiger partial charge < -0.3 is 9.11 Å². The maximum Gasteiger partial charge on any atom is 1.00 e. The van der Waals surface area contributed by atoms with E-state index in [1.54, 1.807) is 0 Å². The maximum absolute atomic E-state index is 10.1. The van der Waals surface area contributed by atoms with Gasteiger partial charge in [-0.15, -0.1) is 0 Å². The Labute approximate surface area is 287 Å². The summed E-state index contributed by atoms with van der Waals surface area (Å²) in [5.41, 5.74) is 0. The first-order chi connectivity index (χ1) is 16.1. The molecule has 0 amide bonds. The van der Waals surface area contributed by atoms with Gasteiger partial charge in [0.25, 0.3) is 0 Å². The van der Waals surface area contributed by atoms with E-state index in [-0.39, 0.29) is 94.2 Å². The van der Waals surface area contributed by atoms with E-state index < -0.39 is 20.8 Å². The molecule has 208 valence electrons. The third kappa shape index (κ3) is 49.3. The largest absolute Gasteiger partial charge is 1.00 e. The molecule has 0 spiro atoms. The normalized spacial score (nSPS) is 11.2. The molecule has 0 aromatic heterocycles. The minimum atomic E-state index is -4.48. The average molecular weight is 593 g/mol. The van der Waals surface area contributed by atoms with E-state index in [1.165, 1.54) is 89.9 Å². The van der Waals surface area contributed by atoms with Crippen LogP contribution in [0.25, 0.3) is 0 Å². The average Bonchev–Trinajstić information content (AvgIpc) is 2.75. The van der Waals surface area contributed by atoms with Gasteiger partial charge in [0.05, 0.1) is 13.2 Å². The van der Waals surface area contributed by atoms with Crippen molar-refractivity contribution >= 4 is 20.8 Å². The van der Waals surface area contributed by atoms with Crippen molar-refractivity contribution in [3.63, 3.8) is 0 Å². The van der Waals surface area contributed by atoms with Crippen LogP contribution in [0.2, 0.25) is 0 Å². The zero-order valence-electron chi connectivity index (χ0n) is 23.6. The molecular weight excluding hydrogens is 542 g/mol. The second kappa shape index (κ2) is 33.6. The Balaban J connectivity index is -0.000000269. The smallest absolute Gasteiger partial charge is 0.726 e. The van der Waals surface area contributed by atoms with Crippen molar-refractivity contribution in [2.45, 2.75) is 142 Å². The molecule has 12 heteroatoms. The van der Waals surface area contributed by atoms with E-state index >= 15 is 0 Å². The van der Waals surface area contributed by atoms with Crippen molar-refractivity contribution < 1.29 is 115 Å². The number of hydrogen-bond acceptors (Lipinski definition) is 8. The number of unbranched alkanes of at least 4 members (excludes halogenated alkanes) is 18. The molecule has 36 heavy (non-hydrogen) atoms. The minimum absolute atomic E-state index is 0. The summed E-state index contributed by atoms with van der Waals surface area (Å²) in [7, 11) is -8.97. The molecule has 0 N–H and O–H groups in total. The third-order valence-corrected chi connectivity index (χ3v) is 6.36. The molecule has 0 aliphatic rings. The van der Waals surface area contributed by atoms with Gasteiger partial charge >= 0.3 is 80.9 Å². The van der Waals surface area contributed by atoms with Crippen LogP contribution in [0.15, 0.2) is 0 Å². The monoisotopic (exact) mass is 592 g/mol. The van der Waals surface area contributed by atoms with Gasteiger partial charge in [-0.25, -0.2) is 16.8 Å². The topological polar surface area (TPSA) is 133 Å². The summed E-state index contributed by atoms with van der Waals surface area (Å²) in [6.45, 7) is 4.49. The van der Waals surface area contributed by atoms with E-state index in [0.29, 0.717) is 12.8 Å². The van der Waals surface area contributed by atoms with E-state index in [2.05, 4.69) is 22.2 Å². The zero-order valence-corrected chi connectivity index (χ0v) is 30.4. The fourth-order valence-electron chi connectivity index (χ4n) is 3.50. The standard InChI is InChI=1S/2C12H26O4S.K.Na/c2*1-2-3-4-5-6-7-8-9-10-11-12-16-17(13,14)15;;/h2*2-12H2,1H3,(H,13,14,15);;/q;;2*+1/p-2. The number of rotatable bonds is 24. The van der Waals surface area contributed by atoms with Gasteiger partial charge in [-0.3, -0.25) is 8.37 Å². The molecule has 8 nitrogen and oxygen atoms in total. The summed E-state index contributed by atoms with van der Waals surface area (Å²) in [5.74, 6) is 0. The second-order valence-corrected chi connectivity index (χ2v) is 10.9. The molecular formula is C24H50KNaO8S2. The Morgan fingerprint density at radius 3 is 0.833 bits per heavy atom.